The number of benzene rings is 2. The molecule has 0 bridgehead atoms. The van der Waals surface area contributed by atoms with E-state index in [2.05, 4.69) is 5.10 Å². The Balaban J connectivity index is 1.99. The van der Waals surface area contributed by atoms with Crippen molar-refractivity contribution in [1.29, 1.82) is 0 Å². The monoisotopic (exact) mass is 460 g/mol. The zero-order valence-electron chi connectivity index (χ0n) is 17.6. The number of nitrogens with zero attached hydrogens (tertiary/aromatic N) is 2. The summed E-state index contributed by atoms with van der Waals surface area (Å²) in [5.74, 6) is -0.928. The van der Waals surface area contributed by atoms with E-state index in [9.17, 15) is 9.59 Å². The Morgan fingerprint density at radius 2 is 1.65 bits per heavy atom. The number of halogens is 2. The van der Waals surface area contributed by atoms with Crippen LogP contribution in [0.15, 0.2) is 48.5 Å². The smallest absolute Gasteiger partial charge is 0.359 e. The Kier molecular flexibility index (Phi) is 6.72. The number of carbonyl (C=O) groups excluding carboxylic acids is 2. The van der Waals surface area contributed by atoms with Crippen LogP contribution >= 0.6 is 23.2 Å². The van der Waals surface area contributed by atoms with Crippen LogP contribution in [0.5, 0.6) is 0 Å². The predicted octanol–water partition coefficient (Wildman–Crippen LogP) is 5.65. The van der Waals surface area contributed by atoms with Crippen molar-refractivity contribution < 1.29 is 19.1 Å². The van der Waals surface area contributed by atoms with Crippen molar-refractivity contribution in [1.82, 2.24) is 9.78 Å². The third kappa shape index (κ3) is 5.66. The first-order valence-corrected chi connectivity index (χ1v) is 10.3. The lowest BCUT2D eigenvalue weighted by atomic mass is 10.1. The van der Waals surface area contributed by atoms with Crippen molar-refractivity contribution in [2.24, 2.45) is 0 Å². The summed E-state index contributed by atoms with van der Waals surface area (Å²) in [6.07, 6.45) is 0. The molecule has 0 fully saturated rings. The molecule has 31 heavy (non-hydrogen) atoms. The van der Waals surface area contributed by atoms with E-state index >= 15 is 0 Å². The van der Waals surface area contributed by atoms with Crippen LogP contribution in [0.4, 0.5) is 0 Å². The maximum Gasteiger partial charge on any atom is 0.359 e. The predicted molar refractivity (Wildman–Crippen MR) is 120 cm³/mol. The molecule has 0 aliphatic carbocycles. The lowest BCUT2D eigenvalue weighted by Gasteiger charge is -2.18. The van der Waals surface area contributed by atoms with Gasteiger partial charge in [-0.2, -0.15) is 5.10 Å². The highest BCUT2D eigenvalue weighted by atomic mass is 35.5. The summed E-state index contributed by atoms with van der Waals surface area (Å²) in [6, 6.07) is 13.8. The van der Waals surface area contributed by atoms with Crippen LogP contribution in [0.1, 0.15) is 47.2 Å². The van der Waals surface area contributed by atoms with Gasteiger partial charge in [-0.1, -0.05) is 41.4 Å². The van der Waals surface area contributed by atoms with Crippen molar-refractivity contribution in [3.05, 3.63) is 75.4 Å². The topological polar surface area (TPSA) is 70.4 Å². The van der Waals surface area contributed by atoms with Gasteiger partial charge in [0.25, 0.3) is 0 Å². The van der Waals surface area contributed by atoms with Crippen LogP contribution in [0.3, 0.4) is 0 Å². The minimum absolute atomic E-state index is 0.183. The van der Waals surface area contributed by atoms with Crippen LogP contribution in [0, 0.1) is 0 Å². The van der Waals surface area contributed by atoms with Gasteiger partial charge >= 0.3 is 11.9 Å². The molecule has 1 aromatic heterocycles. The summed E-state index contributed by atoms with van der Waals surface area (Å²) >= 11 is 12.2. The zero-order chi connectivity index (χ0) is 22.8. The molecule has 0 aliphatic heterocycles. The summed E-state index contributed by atoms with van der Waals surface area (Å²) in [5, 5.41) is 5.30. The van der Waals surface area contributed by atoms with E-state index in [1.165, 1.54) is 7.11 Å². The summed E-state index contributed by atoms with van der Waals surface area (Å²) < 4.78 is 11.9. The number of carbonyl (C=O) groups is 2. The fraction of sp³-hybridized carbons (Fsp3) is 0.261. The highest BCUT2D eigenvalue weighted by Gasteiger charge is 2.22. The molecule has 162 valence electrons. The maximum atomic E-state index is 12.6. The largest absolute Gasteiger partial charge is 0.465 e. The fourth-order valence-electron chi connectivity index (χ4n) is 2.89. The number of hydrogen-bond acceptors (Lipinski definition) is 5. The number of ether oxygens (including phenoxy) is 2. The van der Waals surface area contributed by atoms with Gasteiger partial charge in [0.1, 0.15) is 5.60 Å². The Labute approximate surface area is 190 Å². The fourth-order valence-corrected chi connectivity index (χ4v) is 3.19. The first-order chi connectivity index (χ1) is 14.6. The molecule has 1 heterocycles. The van der Waals surface area contributed by atoms with Crippen molar-refractivity contribution in [3.63, 3.8) is 0 Å². The lowest BCUT2D eigenvalue weighted by Crippen LogP contribution is -2.24. The van der Waals surface area contributed by atoms with Crippen LogP contribution in [0.2, 0.25) is 10.0 Å². The molecule has 0 spiro atoms. The molecule has 0 N–H and O–H groups in total. The van der Waals surface area contributed by atoms with Gasteiger partial charge < -0.3 is 9.47 Å². The highest BCUT2D eigenvalue weighted by molar-refractivity contribution is 6.42. The molecular weight excluding hydrogens is 439 g/mol. The molecule has 3 aromatic rings. The Morgan fingerprint density at radius 3 is 2.23 bits per heavy atom. The van der Waals surface area contributed by atoms with Crippen molar-refractivity contribution in [3.8, 4) is 11.3 Å². The number of hydrogen-bond donors (Lipinski definition) is 0. The standard InChI is InChI=1S/C23H22Cl2N2O4/c1-23(2,3)31-22(29)19-12-20(16-9-10-17(24)18(25)11-16)27(26-19)13-14-5-7-15(8-6-14)21(28)30-4/h5-12H,13H2,1-4H3. The van der Waals surface area contributed by atoms with Crippen molar-refractivity contribution in [2.75, 3.05) is 7.11 Å². The maximum absolute atomic E-state index is 12.6. The summed E-state index contributed by atoms with van der Waals surface area (Å²) in [7, 11) is 1.34. The van der Waals surface area contributed by atoms with E-state index in [0.29, 0.717) is 27.8 Å². The molecule has 0 unspecified atom stereocenters. The van der Waals surface area contributed by atoms with Gasteiger partial charge in [-0.3, -0.25) is 4.68 Å². The van der Waals surface area contributed by atoms with Gasteiger partial charge in [0.15, 0.2) is 5.69 Å². The molecule has 3 rings (SSSR count). The second kappa shape index (κ2) is 9.12. The van der Waals surface area contributed by atoms with Gasteiger partial charge in [-0.25, -0.2) is 9.59 Å². The molecule has 0 atom stereocenters. The van der Waals surface area contributed by atoms with Crippen LogP contribution in [-0.2, 0) is 16.0 Å². The summed E-state index contributed by atoms with van der Waals surface area (Å²) in [4.78, 5) is 24.2. The van der Waals surface area contributed by atoms with Crippen LogP contribution in [0.25, 0.3) is 11.3 Å². The number of rotatable bonds is 5. The third-order valence-electron chi connectivity index (χ3n) is 4.31. The highest BCUT2D eigenvalue weighted by Crippen LogP contribution is 2.30. The zero-order valence-corrected chi connectivity index (χ0v) is 19.1. The minimum atomic E-state index is -0.645. The Bertz CT molecular complexity index is 1120. The molecule has 0 aliphatic rings. The van der Waals surface area contributed by atoms with E-state index in [-0.39, 0.29) is 5.69 Å². The van der Waals surface area contributed by atoms with Crippen LogP contribution in [-0.4, -0.2) is 34.4 Å². The Hall–Kier alpha value is -2.83. The third-order valence-corrected chi connectivity index (χ3v) is 5.05. The van der Waals surface area contributed by atoms with Gasteiger partial charge in [0, 0.05) is 5.56 Å². The van der Waals surface area contributed by atoms with Gasteiger partial charge in [-0.05, 0) is 56.7 Å². The molecule has 0 saturated heterocycles. The SMILES string of the molecule is COC(=O)c1ccc(Cn2nc(C(=O)OC(C)(C)C)cc2-c2ccc(Cl)c(Cl)c2)cc1. The molecule has 0 saturated carbocycles. The Morgan fingerprint density at radius 1 is 0.968 bits per heavy atom. The summed E-state index contributed by atoms with van der Waals surface area (Å²) in [6.45, 7) is 5.75. The normalized spacial score (nSPS) is 11.3. The average molecular weight is 461 g/mol. The van der Waals surface area contributed by atoms with E-state index in [4.69, 9.17) is 32.7 Å². The average Bonchev–Trinajstić information content (AvgIpc) is 3.13. The molecule has 0 radical (unpaired) electrons. The number of esters is 2. The van der Waals surface area contributed by atoms with E-state index < -0.39 is 17.5 Å². The molecular formula is C23H22Cl2N2O4. The van der Waals surface area contributed by atoms with Gasteiger partial charge in [0.05, 0.1) is 35.0 Å². The first kappa shape index (κ1) is 22.8. The van der Waals surface area contributed by atoms with Gasteiger partial charge in [0.2, 0.25) is 0 Å². The van der Waals surface area contributed by atoms with Crippen molar-refractivity contribution >= 4 is 35.1 Å². The molecule has 8 heteroatoms. The molecule has 6 nitrogen and oxygen atoms in total. The van der Waals surface area contributed by atoms with Crippen LogP contribution < -0.4 is 0 Å². The summed E-state index contributed by atoms with van der Waals surface area (Å²) in [5.41, 5.74) is 2.30. The second-order valence-corrected chi connectivity index (χ2v) is 8.71. The quantitative estimate of drug-likeness (QED) is 0.460. The number of aromatic nitrogens is 2. The lowest BCUT2D eigenvalue weighted by molar-refractivity contribution is 0.00617. The van der Waals surface area contributed by atoms with E-state index in [1.54, 1.807) is 74.0 Å². The first-order valence-electron chi connectivity index (χ1n) is 9.51. The second-order valence-electron chi connectivity index (χ2n) is 7.89. The van der Waals surface area contributed by atoms with E-state index in [0.717, 1.165) is 11.1 Å². The van der Waals surface area contributed by atoms with E-state index in [1.807, 2.05) is 0 Å². The van der Waals surface area contributed by atoms with Crippen molar-refractivity contribution in [2.45, 2.75) is 32.9 Å². The number of methoxy groups -OCH3 is 1. The molecule has 2 aromatic carbocycles. The molecule has 0 amide bonds. The van der Waals surface area contributed by atoms with Gasteiger partial charge in [-0.15, -0.1) is 0 Å². The minimum Gasteiger partial charge on any atom is -0.465 e.